The van der Waals surface area contributed by atoms with Gasteiger partial charge in [0.05, 0.1) is 0 Å². The predicted molar refractivity (Wildman–Crippen MR) is 64.6 cm³/mol. The normalized spacial score (nSPS) is 10.0. The van der Waals surface area contributed by atoms with Gasteiger partial charge in [0.25, 0.3) is 0 Å². The Morgan fingerprint density at radius 1 is 0.857 bits per heavy atom. The minimum Gasteiger partial charge on any atom is -0.780 e. The summed E-state index contributed by atoms with van der Waals surface area (Å²) in [4.78, 5) is 32.9. The van der Waals surface area contributed by atoms with Gasteiger partial charge in [-0.15, -0.1) is 0 Å². The molecule has 0 aromatic heterocycles. The minimum atomic E-state index is -5.07. The standard InChI is InChI=1S/C13H11O5P.2Na/c14-13(10-4-2-1-3-5-10)11-6-8-12(9-7-11)18-19(15,16)17;;/h1-9H,(H2,15,16,17);;/q;2*+1/p-2. The molecule has 2 aromatic rings. The van der Waals surface area contributed by atoms with E-state index in [2.05, 4.69) is 4.52 Å². The number of hydrogen-bond acceptors (Lipinski definition) is 5. The summed E-state index contributed by atoms with van der Waals surface area (Å²) in [6, 6.07) is 14.0. The van der Waals surface area contributed by atoms with Crippen LogP contribution in [0, 0.1) is 0 Å². The molecular weight excluding hydrogens is 313 g/mol. The van der Waals surface area contributed by atoms with E-state index in [-0.39, 0.29) is 70.6 Å². The van der Waals surface area contributed by atoms with Crippen LogP contribution in [0.4, 0.5) is 0 Å². The molecule has 0 aliphatic rings. The van der Waals surface area contributed by atoms with Crippen molar-refractivity contribution in [3.63, 3.8) is 0 Å². The van der Waals surface area contributed by atoms with Crippen LogP contribution in [0.1, 0.15) is 15.9 Å². The van der Waals surface area contributed by atoms with Crippen molar-refractivity contribution in [2.45, 2.75) is 0 Å². The molecule has 2 rings (SSSR count). The van der Waals surface area contributed by atoms with Crippen molar-refractivity contribution in [2.75, 3.05) is 0 Å². The SMILES string of the molecule is O=C(c1ccccc1)c1ccc(OP(=O)([O-])[O-])cc1.[Na+].[Na+]. The first-order chi connectivity index (χ1) is 8.96. The first-order valence-corrected chi connectivity index (χ1v) is 6.83. The van der Waals surface area contributed by atoms with E-state index in [4.69, 9.17) is 0 Å². The summed E-state index contributed by atoms with van der Waals surface area (Å²) in [5.41, 5.74) is 0.902. The summed E-state index contributed by atoms with van der Waals surface area (Å²) >= 11 is 0. The maximum absolute atomic E-state index is 12.0. The van der Waals surface area contributed by atoms with Gasteiger partial charge in [-0.3, -0.25) is 4.79 Å². The summed E-state index contributed by atoms with van der Waals surface area (Å²) in [6.07, 6.45) is 0. The number of rotatable bonds is 4. The van der Waals surface area contributed by atoms with Gasteiger partial charge in [0, 0.05) is 11.1 Å². The number of carbonyl (C=O) groups excluding carboxylic acids is 1. The number of benzene rings is 2. The molecule has 0 radical (unpaired) electrons. The number of hydrogen-bond donors (Lipinski definition) is 0. The Balaban J connectivity index is 0.00000200. The molecule has 0 N–H and O–H groups in total. The van der Waals surface area contributed by atoms with Gasteiger partial charge in [-0.1, -0.05) is 30.3 Å². The van der Waals surface area contributed by atoms with Gasteiger partial charge in [0.2, 0.25) is 0 Å². The Kier molecular flexibility index (Phi) is 9.28. The monoisotopic (exact) mass is 322 g/mol. The van der Waals surface area contributed by atoms with Crippen LogP contribution >= 0.6 is 7.82 Å². The zero-order chi connectivity index (χ0) is 13.9. The molecule has 98 valence electrons. The third-order valence-electron chi connectivity index (χ3n) is 2.37. The first kappa shape index (κ1) is 21.1. The van der Waals surface area contributed by atoms with Gasteiger partial charge in [-0.25, -0.2) is 0 Å². The summed E-state index contributed by atoms with van der Waals surface area (Å²) in [7, 11) is -5.07. The van der Waals surface area contributed by atoms with Gasteiger partial charge in [-0.05, 0) is 24.3 Å². The zero-order valence-electron chi connectivity index (χ0n) is 11.7. The third-order valence-corrected chi connectivity index (χ3v) is 2.80. The van der Waals surface area contributed by atoms with E-state index in [0.29, 0.717) is 11.1 Å². The second kappa shape index (κ2) is 9.26. The van der Waals surface area contributed by atoms with Crippen LogP contribution in [0.5, 0.6) is 5.75 Å². The fourth-order valence-electron chi connectivity index (χ4n) is 1.55. The van der Waals surface area contributed by atoms with Crippen molar-refractivity contribution in [2.24, 2.45) is 0 Å². The van der Waals surface area contributed by atoms with Crippen LogP contribution in [0.3, 0.4) is 0 Å². The second-order valence-corrected chi connectivity index (χ2v) is 4.84. The Morgan fingerprint density at radius 2 is 1.33 bits per heavy atom. The second-order valence-electron chi connectivity index (χ2n) is 3.76. The Bertz CT molecular complexity index is 625. The fraction of sp³-hybridized carbons (Fsp3) is 0. The fourth-order valence-corrected chi connectivity index (χ4v) is 1.93. The van der Waals surface area contributed by atoms with Gasteiger partial charge in [0.15, 0.2) is 5.78 Å². The average molecular weight is 322 g/mol. The van der Waals surface area contributed by atoms with E-state index in [0.717, 1.165) is 0 Å². The van der Waals surface area contributed by atoms with Crippen LogP contribution in [0.2, 0.25) is 0 Å². The van der Waals surface area contributed by atoms with Crippen molar-refractivity contribution in [1.82, 2.24) is 0 Å². The van der Waals surface area contributed by atoms with E-state index in [9.17, 15) is 19.1 Å². The van der Waals surface area contributed by atoms with Gasteiger partial charge in [-0.2, -0.15) is 0 Å². The molecule has 0 unspecified atom stereocenters. The Hall–Kier alpha value is 0.0600. The zero-order valence-corrected chi connectivity index (χ0v) is 16.6. The molecule has 0 amide bonds. The summed E-state index contributed by atoms with van der Waals surface area (Å²) in [5, 5.41) is 0. The maximum Gasteiger partial charge on any atom is 1.00 e. The molecule has 21 heavy (non-hydrogen) atoms. The van der Waals surface area contributed by atoms with Crippen molar-refractivity contribution in [3.8, 4) is 5.75 Å². The predicted octanol–water partition coefficient (Wildman–Crippen LogP) is -4.87. The van der Waals surface area contributed by atoms with E-state index >= 15 is 0 Å². The molecule has 0 saturated carbocycles. The van der Waals surface area contributed by atoms with Crippen LogP contribution < -0.4 is 73.4 Å². The topological polar surface area (TPSA) is 89.5 Å². The molecule has 5 nitrogen and oxygen atoms in total. The van der Waals surface area contributed by atoms with Crippen LogP contribution in [0.15, 0.2) is 54.6 Å². The van der Waals surface area contributed by atoms with Crippen molar-refractivity contribution >= 4 is 13.6 Å². The molecule has 0 atom stereocenters. The minimum absolute atomic E-state index is 0. The molecule has 0 heterocycles. The van der Waals surface area contributed by atoms with Crippen LogP contribution in [-0.4, -0.2) is 5.78 Å². The van der Waals surface area contributed by atoms with Gasteiger partial charge < -0.3 is 18.9 Å². The van der Waals surface area contributed by atoms with Crippen molar-refractivity contribution in [1.29, 1.82) is 0 Å². The molecule has 2 aromatic carbocycles. The summed E-state index contributed by atoms with van der Waals surface area (Å²) < 4.78 is 14.6. The van der Waals surface area contributed by atoms with E-state index in [1.807, 2.05) is 0 Å². The first-order valence-electron chi connectivity index (χ1n) is 5.37. The molecule has 0 fully saturated rings. The molecule has 0 aliphatic carbocycles. The molecular formula is C13H9Na2O5P. The van der Waals surface area contributed by atoms with Gasteiger partial charge >= 0.3 is 59.1 Å². The van der Waals surface area contributed by atoms with Crippen LogP contribution in [0.25, 0.3) is 0 Å². The smallest absolute Gasteiger partial charge is 0.780 e. The number of phosphoric ester groups is 1. The summed E-state index contributed by atoms with van der Waals surface area (Å²) in [6.45, 7) is 0. The molecule has 0 aliphatic heterocycles. The number of ketones is 1. The maximum atomic E-state index is 12.0. The summed E-state index contributed by atoms with van der Waals surface area (Å²) in [5.74, 6) is -0.308. The van der Waals surface area contributed by atoms with Crippen LogP contribution in [-0.2, 0) is 4.57 Å². The largest absolute Gasteiger partial charge is 1.00 e. The quantitative estimate of drug-likeness (QED) is 0.320. The van der Waals surface area contributed by atoms with E-state index in [1.54, 1.807) is 30.3 Å². The number of phosphoric acid groups is 1. The van der Waals surface area contributed by atoms with Gasteiger partial charge in [0.1, 0.15) is 13.6 Å². The van der Waals surface area contributed by atoms with E-state index < -0.39 is 7.82 Å². The average Bonchev–Trinajstić information content (AvgIpc) is 2.38. The molecule has 8 heteroatoms. The molecule has 0 saturated heterocycles. The number of carbonyl (C=O) groups is 1. The Labute approximate surface area is 166 Å². The molecule has 0 spiro atoms. The third kappa shape index (κ3) is 6.78. The Morgan fingerprint density at radius 3 is 1.81 bits per heavy atom. The molecule has 0 bridgehead atoms. The van der Waals surface area contributed by atoms with Crippen molar-refractivity contribution in [3.05, 3.63) is 65.7 Å². The van der Waals surface area contributed by atoms with Crippen molar-refractivity contribution < 1.29 is 82.8 Å². The van der Waals surface area contributed by atoms with E-state index in [1.165, 1.54) is 24.3 Å².